The van der Waals surface area contributed by atoms with E-state index in [0.717, 1.165) is 44.3 Å². The molecule has 1 fully saturated rings. The number of carbonyl (C=O) groups is 1. The molecule has 4 nitrogen and oxygen atoms in total. The largest absolute Gasteiger partial charge is 0.352 e. The molecule has 3 N–H and O–H groups in total. The minimum Gasteiger partial charge on any atom is -0.352 e. The Bertz CT molecular complexity index is 836. The molecule has 2 atom stereocenters. The van der Waals surface area contributed by atoms with Gasteiger partial charge in [-0.25, -0.2) is 4.39 Å². The highest BCUT2D eigenvalue weighted by Crippen LogP contribution is 2.31. The first-order valence-electron chi connectivity index (χ1n) is 10.2. The van der Waals surface area contributed by atoms with Crippen molar-refractivity contribution in [3.63, 3.8) is 0 Å². The number of carbonyl (C=O) groups excluding carboxylic acids is 1. The molecular formula is C23H28FN3O. The molecule has 0 saturated heterocycles. The van der Waals surface area contributed by atoms with Crippen LogP contribution in [0.1, 0.15) is 42.0 Å². The fourth-order valence-electron chi connectivity index (χ4n) is 4.05. The van der Waals surface area contributed by atoms with Gasteiger partial charge in [-0.3, -0.25) is 9.69 Å². The minimum absolute atomic E-state index is 0.0947. The van der Waals surface area contributed by atoms with Crippen molar-refractivity contribution in [3.05, 3.63) is 71.0 Å². The van der Waals surface area contributed by atoms with Crippen molar-refractivity contribution in [2.75, 3.05) is 13.1 Å². The van der Waals surface area contributed by atoms with Crippen LogP contribution in [-0.2, 0) is 17.6 Å². The van der Waals surface area contributed by atoms with Crippen molar-refractivity contribution in [1.29, 1.82) is 0 Å². The highest BCUT2D eigenvalue weighted by molar-refractivity contribution is 5.84. The highest BCUT2D eigenvalue weighted by atomic mass is 19.1. The summed E-state index contributed by atoms with van der Waals surface area (Å²) in [4.78, 5) is 15.2. The Hall–Kier alpha value is -2.24. The van der Waals surface area contributed by atoms with Gasteiger partial charge in [-0.05, 0) is 54.9 Å². The van der Waals surface area contributed by atoms with E-state index < -0.39 is 0 Å². The number of benzene rings is 2. The van der Waals surface area contributed by atoms with Crippen molar-refractivity contribution in [2.45, 2.75) is 50.2 Å². The van der Waals surface area contributed by atoms with Crippen LogP contribution in [0.2, 0.25) is 0 Å². The van der Waals surface area contributed by atoms with Crippen molar-refractivity contribution >= 4 is 5.91 Å². The standard InChI is InChI=1S/C23H28FN3O/c24-21-8-4-2-6-17(21)15-18(25)12-14-27-13-11-16-5-1-3-7-20(16)22(27)23(28)26-19-9-10-19/h1-8,18-19,22H,9-15,25H2,(H,26,28)/t18-,22?/m0/s1. The minimum atomic E-state index is -0.258. The van der Waals surface area contributed by atoms with E-state index in [1.165, 1.54) is 11.6 Å². The van der Waals surface area contributed by atoms with Crippen LogP contribution in [0.25, 0.3) is 0 Å². The predicted octanol–water partition coefficient (Wildman–Crippen LogP) is 2.96. The predicted molar refractivity (Wildman–Crippen MR) is 108 cm³/mol. The molecule has 1 aliphatic carbocycles. The molecule has 1 aliphatic heterocycles. The van der Waals surface area contributed by atoms with E-state index >= 15 is 0 Å². The van der Waals surface area contributed by atoms with Crippen molar-refractivity contribution in [3.8, 4) is 0 Å². The fourth-order valence-corrected chi connectivity index (χ4v) is 4.05. The lowest BCUT2D eigenvalue weighted by atomic mass is 9.91. The van der Waals surface area contributed by atoms with Crippen LogP contribution in [0.4, 0.5) is 4.39 Å². The van der Waals surface area contributed by atoms with Crippen molar-refractivity contribution in [2.24, 2.45) is 5.73 Å². The lowest BCUT2D eigenvalue weighted by molar-refractivity contribution is -0.127. The van der Waals surface area contributed by atoms with Crippen molar-refractivity contribution < 1.29 is 9.18 Å². The average Bonchev–Trinajstić information content (AvgIpc) is 3.51. The van der Waals surface area contributed by atoms with Crippen LogP contribution in [0.5, 0.6) is 0 Å². The second-order valence-corrected chi connectivity index (χ2v) is 8.01. The van der Waals surface area contributed by atoms with Gasteiger partial charge in [0, 0.05) is 25.2 Å². The third-order valence-corrected chi connectivity index (χ3v) is 5.78. The molecule has 1 unspecified atom stereocenters. The number of nitrogens with two attached hydrogens (primary N) is 1. The van der Waals surface area contributed by atoms with Gasteiger partial charge >= 0.3 is 0 Å². The SMILES string of the molecule is N[C@@H](CCN1CCc2ccccc2C1C(=O)NC1CC1)Cc1ccccc1F. The Balaban J connectivity index is 1.43. The summed E-state index contributed by atoms with van der Waals surface area (Å²) < 4.78 is 13.9. The molecule has 2 aromatic carbocycles. The number of halogens is 1. The normalized spacial score (nSPS) is 20.4. The van der Waals surface area contributed by atoms with Gasteiger partial charge in [0.15, 0.2) is 0 Å². The van der Waals surface area contributed by atoms with Gasteiger partial charge in [-0.2, -0.15) is 0 Å². The maximum Gasteiger partial charge on any atom is 0.242 e. The Morgan fingerprint density at radius 1 is 1.18 bits per heavy atom. The molecule has 1 heterocycles. The summed E-state index contributed by atoms with van der Waals surface area (Å²) in [6, 6.07) is 15.0. The van der Waals surface area contributed by atoms with Crippen LogP contribution < -0.4 is 11.1 Å². The zero-order valence-corrected chi connectivity index (χ0v) is 16.1. The van der Waals surface area contributed by atoms with Crippen LogP contribution >= 0.6 is 0 Å². The summed E-state index contributed by atoms with van der Waals surface area (Å²) in [5, 5.41) is 3.17. The lowest BCUT2D eigenvalue weighted by Crippen LogP contribution is -2.46. The van der Waals surface area contributed by atoms with Crippen LogP contribution in [-0.4, -0.2) is 36.0 Å². The molecule has 0 aromatic heterocycles. The summed E-state index contributed by atoms with van der Waals surface area (Å²) in [5.74, 6) is -0.108. The van der Waals surface area contributed by atoms with Gasteiger partial charge in [-0.15, -0.1) is 0 Å². The third kappa shape index (κ3) is 4.42. The van der Waals surface area contributed by atoms with Crippen LogP contribution in [0.15, 0.2) is 48.5 Å². The van der Waals surface area contributed by atoms with Gasteiger partial charge in [0.25, 0.3) is 0 Å². The smallest absolute Gasteiger partial charge is 0.242 e. The highest BCUT2D eigenvalue weighted by Gasteiger charge is 2.35. The molecule has 0 radical (unpaired) electrons. The number of nitrogens with one attached hydrogen (secondary N) is 1. The molecule has 4 rings (SSSR count). The summed E-state index contributed by atoms with van der Waals surface area (Å²) in [6.45, 7) is 1.57. The number of amides is 1. The Morgan fingerprint density at radius 2 is 1.93 bits per heavy atom. The second kappa shape index (κ2) is 8.41. The van der Waals surface area contributed by atoms with Crippen LogP contribution in [0, 0.1) is 5.82 Å². The Labute approximate surface area is 165 Å². The van der Waals surface area contributed by atoms with E-state index in [-0.39, 0.29) is 23.8 Å². The number of hydrogen-bond donors (Lipinski definition) is 2. The summed E-state index contributed by atoms with van der Waals surface area (Å²) in [6.07, 6.45) is 4.33. The zero-order valence-electron chi connectivity index (χ0n) is 16.1. The Morgan fingerprint density at radius 3 is 2.71 bits per heavy atom. The molecule has 0 spiro atoms. The number of fused-ring (bicyclic) bond motifs is 1. The summed E-state index contributed by atoms with van der Waals surface area (Å²) in [5.41, 5.74) is 9.32. The van der Waals surface area contributed by atoms with Gasteiger partial charge in [0.1, 0.15) is 11.9 Å². The zero-order chi connectivity index (χ0) is 19.5. The monoisotopic (exact) mass is 381 g/mol. The van der Waals surface area contributed by atoms with E-state index in [1.54, 1.807) is 12.1 Å². The maximum absolute atomic E-state index is 13.9. The first kappa shape index (κ1) is 19.1. The molecule has 28 heavy (non-hydrogen) atoms. The topological polar surface area (TPSA) is 58.4 Å². The first-order valence-corrected chi connectivity index (χ1v) is 10.2. The van der Waals surface area contributed by atoms with Gasteiger partial charge in [0.05, 0.1) is 0 Å². The van der Waals surface area contributed by atoms with E-state index in [4.69, 9.17) is 5.73 Å². The third-order valence-electron chi connectivity index (χ3n) is 5.78. The molecule has 1 saturated carbocycles. The molecule has 2 aromatic rings. The molecule has 2 aliphatic rings. The summed E-state index contributed by atoms with van der Waals surface area (Å²) in [7, 11) is 0. The molecule has 0 bridgehead atoms. The van der Waals surface area contributed by atoms with E-state index in [1.807, 2.05) is 18.2 Å². The molecule has 148 valence electrons. The molecule has 1 amide bonds. The number of nitrogens with zero attached hydrogens (tertiary/aromatic N) is 1. The Kier molecular flexibility index (Phi) is 5.74. The maximum atomic E-state index is 13.9. The first-order chi connectivity index (χ1) is 13.6. The molecular weight excluding hydrogens is 353 g/mol. The second-order valence-electron chi connectivity index (χ2n) is 8.01. The number of rotatable bonds is 7. The van der Waals surface area contributed by atoms with E-state index in [9.17, 15) is 9.18 Å². The lowest BCUT2D eigenvalue weighted by Gasteiger charge is -2.37. The van der Waals surface area contributed by atoms with Crippen molar-refractivity contribution in [1.82, 2.24) is 10.2 Å². The fraction of sp³-hybridized carbons (Fsp3) is 0.435. The van der Waals surface area contributed by atoms with E-state index in [2.05, 4.69) is 22.3 Å². The quantitative estimate of drug-likeness (QED) is 0.775. The summed E-state index contributed by atoms with van der Waals surface area (Å²) >= 11 is 0. The van der Waals surface area contributed by atoms with Crippen LogP contribution in [0.3, 0.4) is 0 Å². The average molecular weight is 381 g/mol. The van der Waals surface area contributed by atoms with Gasteiger partial charge < -0.3 is 11.1 Å². The van der Waals surface area contributed by atoms with E-state index in [0.29, 0.717) is 18.0 Å². The molecule has 5 heteroatoms. The number of hydrogen-bond acceptors (Lipinski definition) is 3. The van der Waals surface area contributed by atoms with Gasteiger partial charge in [0.2, 0.25) is 5.91 Å². The van der Waals surface area contributed by atoms with Gasteiger partial charge in [-0.1, -0.05) is 42.5 Å².